The first-order valence-corrected chi connectivity index (χ1v) is 6.11. The van der Waals surface area contributed by atoms with Gasteiger partial charge in [-0.15, -0.1) is 0 Å². The highest BCUT2D eigenvalue weighted by Crippen LogP contribution is 2.28. The number of H-pyrrole nitrogens is 2. The lowest BCUT2D eigenvalue weighted by Gasteiger charge is -2.04. The second-order valence-electron chi connectivity index (χ2n) is 4.27. The first-order valence-electron chi connectivity index (χ1n) is 6.11. The van der Waals surface area contributed by atoms with Crippen molar-refractivity contribution < 1.29 is 4.42 Å². The molecule has 0 aliphatic carbocycles. The first-order chi connectivity index (χ1) is 10.3. The molecule has 4 aromatic heterocycles. The van der Waals surface area contributed by atoms with Crippen molar-refractivity contribution in [2.45, 2.75) is 0 Å². The van der Waals surface area contributed by atoms with E-state index in [1.807, 2.05) is 0 Å². The van der Waals surface area contributed by atoms with Crippen LogP contribution >= 0.6 is 0 Å². The average molecular weight is 280 g/mol. The van der Waals surface area contributed by atoms with E-state index in [2.05, 4.69) is 29.9 Å². The van der Waals surface area contributed by atoms with Gasteiger partial charge in [0.2, 0.25) is 0 Å². The van der Waals surface area contributed by atoms with Crippen LogP contribution in [0.5, 0.6) is 0 Å². The van der Waals surface area contributed by atoms with E-state index >= 15 is 0 Å². The van der Waals surface area contributed by atoms with Crippen LogP contribution < -0.4 is 5.69 Å². The van der Waals surface area contributed by atoms with Crippen LogP contribution in [0.1, 0.15) is 0 Å². The molecule has 0 aliphatic heterocycles. The predicted molar refractivity (Wildman–Crippen MR) is 73.2 cm³/mol. The van der Waals surface area contributed by atoms with Crippen molar-refractivity contribution in [3.05, 3.63) is 47.5 Å². The molecule has 0 saturated heterocycles. The van der Waals surface area contributed by atoms with E-state index in [1.54, 1.807) is 30.7 Å². The Kier molecular flexibility index (Phi) is 2.40. The van der Waals surface area contributed by atoms with Gasteiger partial charge in [-0.1, -0.05) is 0 Å². The Bertz CT molecular complexity index is 955. The van der Waals surface area contributed by atoms with E-state index in [-0.39, 0.29) is 5.69 Å². The fraction of sp³-hybridized carbons (Fsp3) is 0. The first kappa shape index (κ1) is 11.5. The summed E-state index contributed by atoms with van der Waals surface area (Å²) in [6, 6.07) is 5.24. The van der Waals surface area contributed by atoms with Crippen LogP contribution in [0.4, 0.5) is 0 Å². The molecule has 4 rings (SSSR count). The molecule has 0 atom stereocenters. The van der Waals surface area contributed by atoms with Gasteiger partial charge in [-0.2, -0.15) is 0 Å². The highest BCUT2D eigenvalue weighted by atomic mass is 16.3. The quantitative estimate of drug-likeness (QED) is 0.573. The van der Waals surface area contributed by atoms with E-state index in [0.717, 1.165) is 0 Å². The smallest absolute Gasteiger partial charge is 0.326 e. The molecule has 0 aliphatic rings. The number of fused-ring (bicyclic) bond motifs is 1. The highest BCUT2D eigenvalue weighted by molar-refractivity contribution is 5.80. The molecule has 0 fully saturated rings. The number of rotatable bonds is 2. The van der Waals surface area contributed by atoms with Gasteiger partial charge >= 0.3 is 5.69 Å². The maximum atomic E-state index is 11.4. The summed E-state index contributed by atoms with van der Waals surface area (Å²) in [5.74, 6) is 0.542. The minimum absolute atomic E-state index is 0.365. The minimum atomic E-state index is -0.366. The van der Waals surface area contributed by atoms with Gasteiger partial charge < -0.3 is 4.42 Å². The zero-order valence-electron chi connectivity index (χ0n) is 10.6. The number of nitrogens with zero attached hydrogens (tertiary/aromatic N) is 4. The molecule has 0 spiro atoms. The SMILES string of the molecule is O=c1[nH]c2nc(-c3ccncn3)c(-c3ccco3)nc2[nH]1. The summed E-state index contributed by atoms with van der Waals surface area (Å²) in [6.45, 7) is 0. The Labute approximate surface area is 116 Å². The number of furan rings is 1. The number of hydrogen-bond donors (Lipinski definition) is 2. The van der Waals surface area contributed by atoms with Gasteiger partial charge in [0.25, 0.3) is 0 Å². The molecule has 8 nitrogen and oxygen atoms in total. The van der Waals surface area contributed by atoms with Gasteiger partial charge in [0.05, 0.1) is 12.0 Å². The maximum Gasteiger partial charge on any atom is 0.326 e. The number of aromatic nitrogens is 6. The third-order valence-corrected chi connectivity index (χ3v) is 2.94. The van der Waals surface area contributed by atoms with Crippen LogP contribution in [0.25, 0.3) is 34.1 Å². The second kappa shape index (κ2) is 4.37. The van der Waals surface area contributed by atoms with Crippen LogP contribution in [0.15, 0.2) is 46.2 Å². The summed E-state index contributed by atoms with van der Waals surface area (Å²) >= 11 is 0. The average Bonchev–Trinajstić information content (AvgIpc) is 3.14. The molecule has 0 bridgehead atoms. The van der Waals surface area contributed by atoms with Gasteiger partial charge in [-0.3, -0.25) is 9.97 Å². The van der Waals surface area contributed by atoms with E-state index in [0.29, 0.717) is 34.1 Å². The lowest BCUT2D eigenvalue weighted by molar-refractivity contribution is 0.580. The van der Waals surface area contributed by atoms with Gasteiger partial charge in [0, 0.05) is 6.20 Å². The predicted octanol–water partition coefficient (Wildman–Crippen LogP) is 1.36. The molecule has 0 saturated carbocycles. The molecule has 21 heavy (non-hydrogen) atoms. The fourth-order valence-corrected chi connectivity index (χ4v) is 2.05. The van der Waals surface area contributed by atoms with Crippen LogP contribution in [0.3, 0.4) is 0 Å². The maximum absolute atomic E-state index is 11.4. The van der Waals surface area contributed by atoms with Crippen molar-refractivity contribution >= 4 is 11.3 Å². The van der Waals surface area contributed by atoms with Crippen molar-refractivity contribution in [1.29, 1.82) is 0 Å². The third-order valence-electron chi connectivity index (χ3n) is 2.94. The molecule has 4 heterocycles. The second-order valence-corrected chi connectivity index (χ2v) is 4.27. The van der Waals surface area contributed by atoms with Gasteiger partial charge in [0.1, 0.15) is 17.7 Å². The minimum Gasteiger partial charge on any atom is -0.463 e. The Morgan fingerprint density at radius 1 is 1.05 bits per heavy atom. The summed E-state index contributed by atoms with van der Waals surface area (Å²) < 4.78 is 5.39. The van der Waals surface area contributed by atoms with Crippen molar-refractivity contribution in [2.24, 2.45) is 0 Å². The Balaban J connectivity index is 2.07. The molecular formula is C13H8N6O2. The summed E-state index contributed by atoms with van der Waals surface area (Å²) in [7, 11) is 0. The standard InChI is InChI=1S/C13H8N6O2/c20-13-18-11-12(19-13)17-10(8-2-1-5-21-8)9(16-11)7-3-4-14-6-15-7/h1-6H,(H2,16,17,18,19,20). The zero-order chi connectivity index (χ0) is 14.2. The molecule has 0 radical (unpaired) electrons. The zero-order valence-corrected chi connectivity index (χ0v) is 10.6. The summed E-state index contributed by atoms with van der Waals surface area (Å²) in [6.07, 6.45) is 4.58. The molecular weight excluding hydrogens is 272 g/mol. The van der Waals surface area contributed by atoms with Gasteiger partial charge in [-0.05, 0) is 18.2 Å². The molecule has 102 valence electrons. The third kappa shape index (κ3) is 1.89. The number of nitrogens with one attached hydrogen (secondary N) is 2. The van der Waals surface area contributed by atoms with E-state index in [1.165, 1.54) is 6.33 Å². The van der Waals surface area contributed by atoms with E-state index < -0.39 is 0 Å². The van der Waals surface area contributed by atoms with Crippen molar-refractivity contribution in [1.82, 2.24) is 29.9 Å². The van der Waals surface area contributed by atoms with Crippen LogP contribution in [0.2, 0.25) is 0 Å². The van der Waals surface area contributed by atoms with Crippen molar-refractivity contribution in [3.63, 3.8) is 0 Å². The van der Waals surface area contributed by atoms with Crippen LogP contribution in [0, 0.1) is 0 Å². The van der Waals surface area contributed by atoms with E-state index in [4.69, 9.17) is 4.42 Å². The normalized spacial score (nSPS) is 11.0. The van der Waals surface area contributed by atoms with Gasteiger partial charge in [-0.25, -0.2) is 24.7 Å². The van der Waals surface area contributed by atoms with Crippen molar-refractivity contribution in [2.75, 3.05) is 0 Å². The summed E-state index contributed by atoms with van der Waals surface area (Å²) in [5.41, 5.74) is 1.97. The Morgan fingerprint density at radius 2 is 1.86 bits per heavy atom. The lowest BCUT2D eigenvalue weighted by Crippen LogP contribution is -1.99. The van der Waals surface area contributed by atoms with Crippen LogP contribution in [-0.4, -0.2) is 29.9 Å². The monoisotopic (exact) mass is 280 g/mol. The summed E-state index contributed by atoms with van der Waals surface area (Å²) in [5, 5.41) is 0. The molecule has 0 amide bonds. The topological polar surface area (TPSA) is 113 Å². The Morgan fingerprint density at radius 3 is 2.52 bits per heavy atom. The number of imidazole rings is 1. The highest BCUT2D eigenvalue weighted by Gasteiger charge is 2.17. The molecule has 2 N–H and O–H groups in total. The molecule has 0 unspecified atom stereocenters. The fourth-order valence-electron chi connectivity index (χ4n) is 2.05. The Hall–Kier alpha value is -3.29. The van der Waals surface area contributed by atoms with Gasteiger partial charge in [0.15, 0.2) is 17.1 Å². The largest absolute Gasteiger partial charge is 0.463 e. The molecule has 8 heteroatoms. The summed E-state index contributed by atoms with van der Waals surface area (Å²) in [4.78, 5) is 33.4. The van der Waals surface area contributed by atoms with Crippen molar-refractivity contribution in [3.8, 4) is 22.8 Å². The lowest BCUT2D eigenvalue weighted by atomic mass is 10.2. The molecule has 4 aromatic rings. The van der Waals surface area contributed by atoms with E-state index in [9.17, 15) is 4.79 Å². The number of hydrogen-bond acceptors (Lipinski definition) is 6. The van der Waals surface area contributed by atoms with Crippen LogP contribution in [-0.2, 0) is 0 Å². The number of aromatic amines is 2. The molecule has 0 aromatic carbocycles.